The van der Waals surface area contributed by atoms with Gasteiger partial charge in [-0.05, 0) is 37.8 Å². The van der Waals surface area contributed by atoms with Crippen molar-refractivity contribution in [1.82, 2.24) is 4.72 Å². The van der Waals surface area contributed by atoms with Gasteiger partial charge in [0.15, 0.2) is 0 Å². The van der Waals surface area contributed by atoms with Crippen molar-refractivity contribution in [1.29, 1.82) is 0 Å². The first-order valence-electron chi connectivity index (χ1n) is 4.45. The quantitative estimate of drug-likeness (QED) is 0.863. The van der Waals surface area contributed by atoms with Crippen LogP contribution in [0.25, 0.3) is 0 Å². The Bertz CT molecular complexity index is 393. The highest BCUT2D eigenvalue weighted by atomic mass is 32.2. The lowest BCUT2D eigenvalue weighted by atomic mass is 10.3. The first-order valence-corrected chi connectivity index (χ1v) is 6.87. The minimum Gasteiger partial charge on any atom is -0.212 e. The number of sulfonamides is 1. The second-order valence-electron chi connectivity index (χ2n) is 3.44. The van der Waals surface area contributed by atoms with E-state index in [-0.39, 0.29) is 5.25 Å². The molecule has 0 radical (unpaired) electrons. The third-order valence-electron chi connectivity index (χ3n) is 2.02. The molecule has 0 aliphatic rings. The molecule has 14 heavy (non-hydrogen) atoms. The van der Waals surface area contributed by atoms with Gasteiger partial charge in [0, 0.05) is 11.4 Å². The highest BCUT2D eigenvalue weighted by molar-refractivity contribution is 7.90. The largest absolute Gasteiger partial charge is 0.214 e. The number of rotatable bonds is 4. The molecule has 0 fully saturated rings. The van der Waals surface area contributed by atoms with Crippen LogP contribution in [0.5, 0.6) is 0 Å². The van der Waals surface area contributed by atoms with Gasteiger partial charge in [0.2, 0.25) is 10.0 Å². The predicted octanol–water partition coefficient (Wildman–Crippen LogP) is 1.88. The van der Waals surface area contributed by atoms with Crippen LogP contribution in [0.4, 0.5) is 0 Å². The van der Waals surface area contributed by atoms with Crippen LogP contribution in [0, 0.1) is 6.92 Å². The number of aryl methyl sites for hydroxylation is 1. The van der Waals surface area contributed by atoms with E-state index in [0.29, 0.717) is 6.54 Å². The SMILES string of the molecule is Cc1ccsc1CNS(=O)(=O)C(C)C. The zero-order valence-electron chi connectivity index (χ0n) is 8.57. The Morgan fingerprint density at radius 3 is 2.57 bits per heavy atom. The molecule has 0 amide bonds. The van der Waals surface area contributed by atoms with Crippen molar-refractivity contribution in [3.05, 3.63) is 21.9 Å². The van der Waals surface area contributed by atoms with Crippen molar-refractivity contribution in [3.8, 4) is 0 Å². The number of hydrogen-bond acceptors (Lipinski definition) is 3. The molecule has 0 saturated carbocycles. The van der Waals surface area contributed by atoms with Gasteiger partial charge in [0.05, 0.1) is 5.25 Å². The average molecular weight is 233 g/mol. The third-order valence-corrected chi connectivity index (χ3v) is 4.83. The van der Waals surface area contributed by atoms with Gasteiger partial charge in [-0.3, -0.25) is 0 Å². The summed E-state index contributed by atoms with van der Waals surface area (Å²) in [4.78, 5) is 1.08. The van der Waals surface area contributed by atoms with Crippen molar-refractivity contribution in [2.45, 2.75) is 32.6 Å². The van der Waals surface area contributed by atoms with Crippen molar-refractivity contribution < 1.29 is 8.42 Å². The molecule has 0 spiro atoms. The minimum absolute atomic E-state index is 0.372. The Hall–Kier alpha value is -0.390. The topological polar surface area (TPSA) is 46.2 Å². The molecule has 0 aromatic carbocycles. The van der Waals surface area contributed by atoms with Gasteiger partial charge in [-0.15, -0.1) is 11.3 Å². The fourth-order valence-electron chi connectivity index (χ4n) is 0.918. The molecule has 1 heterocycles. The first-order chi connectivity index (χ1) is 6.43. The van der Waals surface area contributed by atoms with E-state index in [0.717, 1.165) is 10.4 Å². The molecular weight excluding hydrogens is 218 g/mol. The van der Waals surface area contributed by atoms with Gasteiger partial charge in [-0.1, -0.05) is 0 Å². The summed E-state index contributed by atoms with van der Waals surface area (Å²) >= 11 is 1.58. The molecule has 1 N–H and O–H groups in total. The fourth-order valence-corrected chi connectivity index (χ4v) is 2.53. The molecule has 1 aromatic heterocycles. The van der Waals surface area contributed by atoms with E-state index in [1.165, 1.54) is 0 Å². The lowest BCUT2D eigenvalue weighted by Gasteiger charge is -2.08. The Balaban J connectivity index is 2.62. The monoisotopic (exact) mass is 233 g/mol. The van der Waals surface area contributed by atoms with E-state index in [4.69, 9.17) is 0 Å². The van der Waals surface area contributed by atoms with E-state index in [9.17, 15) is 8.42 Å². The molecule has 0 atom stereocenters. The Morgan fingerprint density at radius 1 is 1.50 bits per heavy atom. The molecule has 1 rings (SSSR count). The summed E-state index contributed by atoms with van der Waals surface area (Å²) in [5, 5.41) is 1.59. The molecule has 80 valence electrons. The normalized spacial score (nSPS) is 12.3. The standard InChI is InChI=1S/C9H15NO2S2/c1-7(2)14(11,12)10-6-9-8(3)4-5-13-9/h4-5,7,10H,6H2,1-3H3. The molecular formula is C9H15NO2S2. The summed E-state index contributed by atoms with van der Waals surface area (Å²) in [6, 6.07) is 1.99. The van der Waals surface area contributed by atoms with Crippen LogP contribution in [0.1, 0.15) is 24.3 Å². The van der Waals surface area contributed by atoms with Crippen LogP contribution in [0.3, 0.4) is 0 Å². The third kappa shape index (κ3) is 2.80. The molecule has 0 aliphatic heterocycles. The Morgan fingerprint density at radius 2 is 2.14 bits per heavy atom. The van der Waals surface area contributed by atoms with Crippen molar-refractivity contribution >= 4 is 21.4 Å². The summed E-state index contributed by atoms with van der Waals surface area (Å²) in [5.74, 6) is 0. The molecule has 1 aromatic rings. The summed E-state index contributed by atoms with van der Waals surface area (Å²) < 4.78 is 25.4. The summed E-state index contributed by atoms with van der Waals surface area (Å²) in [6.07, 6.45) is 0. The van der Waals surface area contributed by atoms with E-state index < -0.39 is 10.0 Å². The van der Waals surface area contributed by atoms with Crippen LogP contribution >= 0.6 is 11.3 Å². The maximum Gasteiger partial charge on any atom is 0.214 e. The molecule has 5 heteroatoms. The van der Waals surface area contributed by atoms with E-state index in [1.54, 1.807) is 25.2 Å². The van der Waals surface area contributed by atoms with Gasteiger partial charge < -0.3 is 0 Å². The smallest absolute Gasteiger partial charge is 0.212 e. The predicted molar refractivity (Wildman–Crippen MR) is 60.0 cm³/mol. The summed E-state index contributed by atoms with van der Waals surface area (Å²) in [6.45, 7) is 5.73. The molecule has 0 saturated heterocycles. The second kappa shape index (κ2) is 4.42. The zero-order valence-corrected chi connectivity index (χ0v) is 10.2. The van der Waals surface area contributed by atoms with Crippen LogP contribution < -0.4 is 4.72 Å². The van der Waals surface area contributed by atoms with Crippen LogP contribution in [-0.2, 0) is 16.6 Å². The van der Waals surface area contributed by atoms with E-state index in [1.807, 2.05) is 18.4 Å². The lowest BCUT2D eigenvalue weighted by Crippen LogP contribution is -2.30. The van der Waals surface area contributed by atoms with Crippen LogP contribution in [0.2, 0.25) is 0 Å². The maximum absolute atomic E-state index is 11.4. The van der Waals surface area contributed by atoms with Gasteiger partial charge in [0.1, 0.15) is 0 Å². The fraction of sp³-hybridized carbons (Fsp3) is 0.556. The van der Waals surface area contributed by atoms with Crippen molar-refractivity contribution in [2.24, 2.45) is 0 Å². The van der Waals surface area contributed by atoms with Crippen molar-refractivity contribution in [3.63, 3.8) is 0 Å². The maximum atomic E-state index is 11.4. The van der Waals surface area contributed by atoms with Gasteiger partial charge in [-0.2, -0.15) is 0 Å². The highest BCUT2D eigenvalue weighted by Gasteiger charge is 2.15. The van der Waals surface area contributed by atoms with E-state index >= 15 is 0 Å². The number of thiophene rings is 1. The number of hydrogen-bond donors (Lipinski definition) is 1. The van der Waals surface area contributed by atoms with Crippen LogP contribution in [0.15, 0.2) is 11.4 Å². The Labute approximate surface area is 89.2 Å². The average Bonchev–Trinajstić information content (AvgIpc) is 2.47. The van der Waals surface area contributed by atoms with Gasteiger partial charge in [0.25, 0.3) is 0 Å². The zero-order chi connectivity index (χ0) is 10.8. The highest BCUT2D eigenvalue weighted by Crippen LogP contribution is 2.15. The lowest BCUT2D eigenvalue weighted by molar-refractivity contribution is 0.572. The summed E-state index contributed by atoms with van der Waals surface area (Å²) in [5.41, 5.74) is 1.14. The van der Waals surface area contributed by atoms with Gasteiger partial charge in [-0.25, -0.2) is 13.1 Å². The molecule has 0 unspecified atom stereocenters. The van der Waals surface area contributed by atoms with Gasteiger partial charge >= 0.3 is 0 Å². The minimum atomic E-state index is -3.13. The first kappa shape index (κ1) is 11.7. The molecule has 3 nitrogen and oxygen atoms in total. The van der Waals surface area contributed by atoms with E-state index in [2.05, 4.69) is 4.72 Å². The molecule has 0 aliphatic carbocycles. The second-order valence-corrected chi connectivity index (χ2v) is 6.76. The van der Waals surface area contributed by atoms with Crippen molar-refractivity contribution in [2.75, 3.05) is 0 Å². The summed E-state index contributed by atoms with van der Waals surface area (Å²) in [7, 11) is -3.13. The Kier molecular flexibility index (Phi) is 3.69. The van der Waals surface area contributed by atoms with Crippen LogP contribution in [-0.4, -0.2) is 13.7 Å². The molecule has 0 bridgehead atoms. The number of nitrogens with one attached hydrogen (secondary N) is 1.